The first-order chi connectivity index (χ1) is 8.07. The average Bonchev–Trinajstić information content (AvgIpc) is 2.26. The third kappa shape index (κ3) is 9.85. The summed E-state index contributed by atoms with van der Waals surface area (Å²) >= 11 is 0. The van der Waals surface area contributed by atoms with Crippen molar-refractivity contribution >= 4 is 11.8 Å². The zero-order valence-corrected chi connectivity index (χ0v) is 11.1. The lowest BCUT2D eigenvalue weighted by Gasteiger charge is -2.10. The standard InChI is InChI=1S/C10H21NO.C3H5NO/c1-3-4-5-6-7-8-9(2)10(11)12;5-3-1-2-4-3/h9H,3-8H2,1-2H3,(H2,11,12);1-2H2,(H,4,5). The van der Waals surface area contributed by atoms with E-state index in [2.05, 4.69) is 12.2 Å². The zero-order chi connectivity index (χ0) is 13.1. The van der Waals surface area contributed by atoms with Crippen molar-refractivity contribution in [2.24, 2.45) is 11.7 Å². The van der Waals surface area contributed by atoms with Crippen molar-refractivity contribution in [3.8, 4) is 0 Å². The van der Waals surface area contributed by atoms with Gasteiger partial charge in [-0.25, -0.2) is 0 Å². The van der Waals surface area contributed by atoms with Gasteiger partial charge in [-0.15, -0.1) is 0 Å². The molecule has 4 nitrogen and oxygen atoms in total. The summed E-state index contributed by atoms with van der Waals surface area (Å²) in [4.78, 5) is 20.4. The van der Waals surface area contributed by atoms with Gasteiger partial charge in [-0.1, -0.05) is 46.0 Å². The SMILES string of the molecule is CCCCCCCC(C)C(N)=O.O=C1CCN1. The summed E-state index contributed by atoms with van der Waals surface area (Å²) in [7, 11) is 0. The number of β-lactam (4-membered cyclic amide) rings is 1. The summed E-state index contributed by atoms with van der Waals surface area (Å²) in [6.07, 6.45) is 7.95. The van der Waals surface area contributed by atoms with Crippen LogP contribution in [0.2, 0.25) is 0 Å². The fraction of sp³-hybridized carbons (Fsp3) is 0.846. The van der Waals surface area contributed by atoms with Gasteiger partial charge < -0.3 is 11.1 Å². The molecule has 4 heteroatoms. The molecule has 0 radical (unpaired) electrons. The Labute approximate surface area is 104 Å². The Balaban J connectivity index is 0.000000419. The maximum atomic E-state index is 10.6. The number of nitrogens with two attached hydrogens (primary N) is 1. The molecule has 1 atom stereocenters. The Hall–Kier alpha value is -1.06. The van der Waals surface area contributed by atoms with E-state index in [0.717, 1.165) is 25.8 Å². The Bertz CT molecular complexity index is 223. The van der Waals surface area contributed by atoms with Crippen LogP contribution in [0, 0.1) is 5.92 Å². The average molecular weight is 242 g/mol. The number of carbonyl (C=O) groups is 2. The maximum absolute atomic E-state index is 10.6. The Morgan fingerprint density at radius 3 is 2.24 bits per heavy atom. The number of hydrogen-bond donors (Lipinski definition) is 2. The molecule has 3 N–H and O–H groups in total. The number of carbonyl (C=O) groups excluding carboxylic acids is 2. The van der Waals surface area contributed by atoms with Gasteiger partial charge in [0.25, 0.3) is 0 Å². The van der Waals surface area contributed by atoms with E-state index in [-0.39, 0.29) is 17.7 Å². The Morgan fingerprint density at radius 2 is 1.88 bits per heavy atom. The highest BCUT2D eigenvalue weighted by molar-refractivity contribution is 5.81. The number of unbranched alkanes of at least 4 members (excludes halogenated alkanes) is 4. The van der Waals surface area contributed by atoms with Crippen molar-refractivity contribution in [3.05, 3.63) is 0 Å². The first-order valence-corrected chi connectivity index (χ1v) is 6.64. The second kappa shape index (κ2) is 10.1. The molecular weight excluding hydrogens is 216 g/mol. The lowest BCUT2D eigenvalue weighted by atomic mass is 10.0. The molecule has 0 aromatic heterocycles. The van der Waals surface area contributed by atoms with Crippen LogP contribution in [0.1, 0.15) is 58.8 Å². The van der Waals surface area contributed by atoms with Crippen LogP contribution in [0.25, 0.3) is 0 Å². The number of nitrogens with one attached hydrogen (secondary N) is 1. The smallest absolute Gasteiger partial charge is 0.221 e. The van der Waals surface area contributed by atoms with E-state index >= 15 is 0 Å². The van der Waals surface area contributed by atoms with Crippen molar-refractivity contribution < 1.29 is 9.59 Å². The van der Waals surface area contributed by atoms with Crippen LogP contribution in [-0.2, 0) is 9.59 Å². The van der Waals surface area contributed by atoms with Gasteiger partial charge in [0.2, 0.25) is 11.8 Å². The van der Waals surface area contributed by atoms with Gasteiger partial charge in [-0.05, 0) is 6.42 Å². The highest BCUT2D eigenvalue weighted by atomic mass is 16.2. The molecule has 0 aromatic rings. The predicted molar refractivity (Wildman–Crippen MR) is 69.4 cm³/mol. The van der Waals surface area contributed by atoms with E-state index < -0.39 is 0 Å². The number of amides is 2. The van der Waals surface area contributed by atoms with E-state index in [4.69, 9.17) is 5.73 Å². The molecule has 1 aliphatic rings. The van der Waals surface area contributed by atoms with Gasteiger partial charge in [0.1, 0.15) is 0 Å². The molecule has 1 heterocycles. The van der Waals surface area contributed by atoms with Gasteiger partial charge in [-0.3, -0.25) is 9.59 Å². The van der Waals surface area contributed by atoms with Crippen molar-refractivity contribution in [2.75, 3.05) is 6.54 Å². The molecule has 100 valence electrons. The van der Waals surface area contributed by atoms with Crippen LogP contribution in [0.5, 0.6) is 0 Å². The van der Waals surface area contributed by atoms with E-state index in [0.29, 0.717) is 0 Å². The van der Waals surface area contributed by atoms with Gasteiger partial charge in [-0.2, -0.15) is 0 Å². The van der Waals surface area contributed by atoms with Crippen molar-refractivity contribution in [3.63, 3.8) is 0 Å². The maximum Gasteiger partial charge on any atom is 0.221 e. The fourth-order valence-corrected chi connectivity index (χ4v) is 1.42. The van der Waals surface area contributed by atoms with Gasteiger partial charge >= 0.3 is 0 Å². The minimum absolute atomic E-state index is 0.0617. The molecule has 0 saturated carbocycles. The monoisotopic (exact) mass is 242 g/mol. The molecule has 1 saturated heterocycles. The third-order valence-electron chi connectivity index (χ3n) is 2.90. The highest BCUT2D eigenvalue weighted by Crippen LogP contribution is 2.10. The van der Waals surface area contributed by atoms with Crippen LogP contribution < -0.4 is 11.1 Å². The molecule has 1 aliphatic heterocycles. The molecule has 0 aromatic carbocycles. The van der Waals surface area contributed by atoms with Crippen LogP contribution in [0.4, 0.5) is 0 Å². The van der Waals surface area contributed by atoms with E-state index in [1.807, 2.05) is 6.92 Å². The topological polar surface area (TPSA) is 72.2 Å². The lowest BCUT2D eigenvalue weighted by molar-refractivity contribution is -0.125. The predicted octanol–water partition coefficient (Wildman–Crippen LogP) is 1.97. The Kier molecular flexibility index (Phi) is 9.49. The molecule has 0 spiro atoms. The lowest BCUT2D eigenvalue weighted by Crippen LogP contribution is -2.37. The number of primary amides is 1. The minimum atomic E-state index is -0.162. The highest BCUT2D eigenvalue weighted by Gasteiger charge is 2.07. The van der Waals surface area contributed by atoms with Crippen LogP contribution >= 0.6 is 0 Å². The summed E-state index contributed by atoms with van der Waals surface area (Å²) < 4.78 is 0. The molecule has 1 fully saturated rings. The van der Waals surface area contributed by atoms with Crippen LogP contribution in [0.3, 0.4) is 0 Å². The second-order valence-electron chi connectivity index (χ2n) is 4.61. The summed E-state index contributed by atoms with van der Waals surface area (Å²) in [5, 5.41) is 2.57. The normalized spacial score (nSPS) is 15.1. The van der Waals surface area contributed by atoms with Crippen LogP contribution in [0.15, 0.2) is 0 Å². The minimum Gasteiger partial charge on any atom is -0.369 e. The second-order valence-corrected chi connectivity index (χ2v) is 4.61. The summed E-state index contributed by atoms with van der Waals surface area (Å²) in [5.74, 6) is 0.0853. The van der Waals surface area contributed by atoms with E-state index in [9.17, 15) is 9.59 Å². The Morgan fingerprint density at radius 1 is 1.35 bits per heavy atom. The van der Waals surface area contributed by atoms with E-state index in [1.54, 1.807) is 0 Å². The quantitative estimate of drug-likeness (QED) is 0.529. The molecule has 2 amide bonds. The molecule has 1 unspecified atom stereocenters. The summed E-state index contributed by atoms with van der Waals surface area (Å²) in [5.41, 5.74) is 5.14. The molecule has 0 bridgehead atoms. The van der Waals surface area contributed by atoms with Gasteiger partial charge in [0.05, 0.1) is 0 Å². The molecule has 17 heavy (non-hydrogen) atoms. The summed E-state index contributed by atoms with van der Waals surface area (Å²) in [6, 6.07) is 0. The number of rotatable bonds is 7. The largest absolute Gasteiger partial charge is 0.369 e. The van der Waals surface area contributed by atoms with Crippen molar-refractivity contribution in [1.82, 2.24) is 5.32 Å². The van der Waals surface area contributed by atoms with Gasteiger partial charge in [0, 0.05) is 18.9 Å². The molecular formula is C13H26N2O2. The number of hydrogen-bond acceptors (Lipinski definition) is 2. The van der Waals surface area contributed by atoms with Crippen LogP contribution in [-0.4, -0.2) is 18.4 Å². The first kappa shape index (κ1) is 15.9. The van der Waals surface area contributed by atoms with Gasteiger partial charge in [0.15, 0.2) is 0 Å². The third-order valence-corrected chi connectivity index (χ3v) is 2.90. The molecule has 1 rings (SSSR count). The zero-order valence-electron chi connectivity index (χ0n) is 11.1. The van der Waals surface area contributed by atoms with Crippen molar-refractivity contribution in [2.45, 2.75) is 58.8 Å². The van der Waals surface area contributed by atoms with E-state index in [1.165, 1.54) is 25.7 Å². The van der Waals surface area contributed by atoms with Crippen molar-refractivity contribution in [1.29, 1.82) is 0 Å². The summed E-state index contributed by atoms with van der Waals surface area (Å²) in [6.45, 7) is 4.99. The fourth-order valence-electron chi connectivity index (χ4n) is 1.42. The molecule has 0 aliphatic carbocycles. The first-order valence-electron chi connectivity index (χ1n) is 6.64.